The molecular formula is C27H29N7O5. The van der Waals surface area contributed by atoms with Gasteiger partial charge in [-0.3, -0.25) is 25.3 Å². The molecule has 2 fully saturated rings. The lowest BCUT2D eigenvalue weighted by atomic mass is 9.95. The minimum absolute atomic E-state index is 0.134. The third kappa shape index (κ3) is 4.16. The van der Waals surface area contributed by atoms with E-state index < -0.39 is 17.5 Å². The van der Waals surface area contributed by atoms with Crippen LogP contribution in [0.2, 0.25) is 0 Å². The molecule has 6 rings (SSSR count). The Morgan fingerprint density at radius 3 is 2.64 bits per heavy atom. The summed E-state index contributed by atoms with van der Waals surface area (Å²) >= 11 is 0. The van der Waals surface area contributed by atoms with Gasteiger partial charge in [-0.25, -0.2) is 4.79 Å². The summed E-state index contributed by atoms with van der Waals surface area (Å²) in [6.07, 6.45) is 1.62. The van der Waals surface area contributed by atoms with Gasteiger partial charge in [-0.2, -0.15) is 0 Å². The second kappa shape index (κ2) is 9.38. The van der Waals surface area contributed by atoms with Gasteiger partial charge < -0.3 is 29.2 Å². The maximum absolute atomic E-state index is 13.2. The number of benzene rings is 1. The van der Waals surface area contributed by atoms with Crippen LogP contribution in [0.3, 0.4) is 0 Å². The highest BCUT2D eigenvalue weighted by Gasteiger charge is 2.53. The standard InChI is InChI=1S/C27H29N7O5/c1-3-32-6-8-33(9-7-32)23(28)17-10-21-20(29-13-17)12-22(39-21)27(25(36)30-26(37)31-27)15-34-14-16-4-5-18(38-2)11-19(16)24(34)35/h4-5,10-13,28H,3,6-9,14-15H2,1-2H3,(H2,30,31,36,37)/t27-/m0/s1. The van der Waals surface area contributed by atoms with Crippen molar-refractivity contribution >= 4 is 34.8 Å². The fourth-order valence-corrected chi connectivity index (χ4v) is 5.46. The maximum atomic E-state index is 13.2. The van der Waals surface area contributed by atoms with Crippen LogP contribution in [0, 0.1) is 5.41 Å². The smallest absolute Gasteiger partial charge is 0.322 e. The van der Waals surface area contributed by atoms with Crippen molar-refractivity contribution in [2.45, 2.75) is 19.0 Å². The Kier molecular flexibility index (Phi) is 5.98. The Labute approximate surface area is 224 Å². The molecule has 3 N–H and O–H groups in total. The van der Waals surface area contributed by atoms with Crippen LogP contribution in [0.1, 0.15) is 34.2 Å². The SMILES string of the molecule is CCN1CCN(C(=N)c2cnc3cc([C@]4(CN5Cc6ccc(OC)cc6C5=O)NC(=O)NC4=O)oc3c2)CC1. The Bertz CT molecular complexity index is 1510. The van der Waals surface area contributed by atoms with E-state index in [-0.39, 0.29) is 24.8 Å². The van der Waals surface area contributed by atoms with Crippen LogP contribution in [0.4, 0.5) is 4.79 Å². The first kappa shape index (κ1) is 24.9. The number of ether oxygens (including phenoxy) is 1. The van der Waals surface area contributed by atoms with Crippen molar-refractivity contribution in [3.63, 3.8) is 0 Å². The number of likely N-dealkylation sites (N-methyl/N-ethyl adjacent to an activating group) is 1. The highest BCUT2D eigenvalue weighted by Crippen LogP contribution is 2.35. The van der Waals surface area contributed by atoms with Crippen molar-refractivity contribution in [2.75, 3.05) is 46.4 Å². The summed E-state index contributed by atoms with van der Waals surface area (Å²) in [6.45, 7) is 6.54. The van der Waals surface area contributed by atoms with E-state index in [0.29, 0.717) is 33.8 Å². The fourth-order valence-electron chi connectivity index (χ4n) is 5.46. The van der Waals surface area contributed by atoms with E-state index in [0.717, 1.165) is 38.3 Å². The lowest BCUT2D eigenvalue weighted by Crippen LogP contribution is -2.52. The van der Waals surface area contributed by atoms with Gasteiger partial charge in [-0.15, -0.1) is 0 Å². The third-order valence-corrected chi connectivity index (χ3v) is 7.76. The fraction of sp³-hybridized carbons (Fsp3) is 0.370. The number of rotatable bonds is 6. The van der Waals surface area contributed by atoms with Crippen LogP contribution in [0.15, 0.2) is 40.9 Å². The molecule has 0 saturated carbocycles. The van der Waals surface area contributed by atoms with Crippen LogP contribution >= 0.6 is 0 Å². The minimum atomic E-state index is -1.64. The Morgan fingerprint density at radius 1 is 1.15 bits per heavy atom. The third-order valence-electron chi connectivity index (χ3n) is 7.76. The van der Waals surface area contributed by atoms with E-state index in [2.05, 4.69) is 27.4 Å². The number of carbonyl (C=O) groups is 3. The van der Waals surface area contributed by atoms with Crippen molar-refractivity contribution in [3.05, 3.63) is 59.0 Å². The molecule has 39 heavy (non-hydrogen) atoms. The molecule has 1 atom stereocenters. The van der Waals surface area contributed by atoms with Gasteiger partial charge in [-0.05, 0) is 30.3 Å². The molecule has 3 aliphatic rings. The molecule has 3 aliphatic heterocycles. The number of methoxy groups -OCH3 is 1. The number of pyridine rings is 1. The molecule has 0 spiro atoms. The number of furan rings is 1. The predicted octanol–water partition coefficient (Wildman–Crippen LogP) is 1.49. The van der Waals surface area contributed by atoms with Crippen LogP contribution < -0.4 is 15.4 Å². The highest BCUT2D eigenvalue weighted by atomic mass is 16.5. The normalized spacial score (nSPS) is 21.3. The molecule has 0 bridgehead atoms. The van der Waals surface area contributed by atoms with Gasteiger partial charge in [0.05, 0.1) is 13.7 Å². The topological polar surface area (TPSA) is 144 Å². The maximum Gasteiger partial charge on any atom is 0.322 e. The van der Waals surface area contributed by atoms with Gasteiger partial charge in [0, 0.05) is 56.1 Å². The van der Waals surface area contributed by atoms with Gasteiger partial charge in [0.2, 0.25) is 0 Å². The van der Waals surface area contributed by atoms with Crippen LogP contribution in [0.5, 0.6) is 5.75 Å². The zero-order valence-corrected chi connectivity index (χ0v) is 21.7. The first-order chi connectivity index (χ1) is 18.8. The van der Waals surface area contributed by atoms with E-state index in [1.54, 1.807) is 30.5 Å². The summed E-state index contributed by atoms with van der Waals surface area (Å²) in [6, 6.07) is 7.92. The van der Waals surface area contributed by atoms with Crippen molar-refractivity contribution in [3.8, 4) is 5.75 Å². The number of amidine groups is 1. The number of nitrogens with zero attached hydrogens (tertiary/aromatic N) is 4. The molecule has 1 aromatic carbocycles. The van der Waals surface area contributed by atoms with E-state index in [1.807, 2.05) is 11.0 Å². The van der Waals surface area contributed by atoms with E-state index >= 15 is 0 Å². The number of aromatic nitrogens is 1. The average molecular weight is 532 g/mol. The number of piperazine rings is 1. The predicted molar refractivity (Wildman–Crippen MR) is 141 cm³/mol. The van der Waals surface area contributed by atoms with Crippen LogP contribution in [-0.2, 0) is 16.9 Å². The summed E-state index contributed by atoms with van der Waals surface area (Å²) in [5, 5.41) is 13.7. The van der Waals surface area contributed by atoms with Crippen molar-refractivity contribution in [2.24, 2.45) is 0 Å². The Hall–Kier alpha value is -4.45. The van der Waals surface area contributed by atoms with E-state index in [9.17, 15) is 14.4 Å². The first-order valence-corrected chi connectivity index (χ1v) is 12.9. The number of fused-ring (bicyclic) bond motifs is 2. The number of urea groups is 1. The van der Waals surface area contributed by atoms with Gasteiger partial charge in [0.15, 0.2) is 11.1 Å². The second-order valence-electron chi connectivity index (χ2n) is 9.99. The Balaban J connectivity index is 1.30. The number of carbonyl (C=O) groups excluding carboxylic acids is 3. The highest BCUT2D eigenvalue weighted by molar-refractivity contribution is 6.08. The molecule has 202 valence electrons. The molecule has 12 heteroatoms. The zero-order chi connectivity index (χ0) is 27.3. The molecule has 2 saturated heterocycles. The lowest BCUT2D eigenvalue weighted by molar-refractivity contribution is -0.125. The quantitative estimate of drug-likeness (QED) is 0.247. The number of hydrogen-bond donors (Lipinski definition) is 3. The molecule has 12 nitrogen and oxygen atoms in total. The largest absolute Gasteiger partial charge is 0.497 e. The number of hydrogen-bond acceptors (Lipinski definition) is 8. The first-order valence-electron chi connectivity index (χ1n) is 12.9. The van der Waals surface area contributed by atoms with Crippen LogP contribution in [-0.4, -0.2) is 89.7 Å². The summed E-state index contributed by atoms with van der Waals surface area (Å²) in [5.41, 5.74) is 1.11. The molecule has 2 aromatic heterocycles. The summed E-state index contributed by atoms with van der Waals surface area (Å²) < 4.78 is 11.4. The van der Waals surface area contributed by atoms with Gasteiger partial charge in [0.25, 0.3) is 11.8 Å². The zero-order valence-electron chi connectivity index (χ0n) is 21.7. The van der Waals surface area contributed by atoms with Gasteiger partial charge in [0.1, 0.15) is 22.9 Å². The number of imide groups is 1. The Morgan fingerprint density at radius 2 is 1.95 bits per heavy atom. The summed E-state index contributed by atoms with van der Waals surface area (Å²) in [5.74, 6) is 0.188. The van der Waals surface area contributed by atoms with Crippen LogP contribution in [0.25, 0.3) is 11.1 Å². The minimum Gasteiger partial charge on any atom is -0.497 e. The van der Waals surface area contributed by atoms with E-state index in [4.69, 9.17) is 14.6 Å². The molecular weight excluding hydrogens is 502 g/mol. The molecule has 3 aromatic rings. The van der Waals surface area contributed by atoms with Gasteiger partial charge in [-0.1, -0.05) is 13.0 Å². The summed E-state index contributed by atoms with van der Waals surface area (Å²) in [4.78, 5) is 49.1. The molecule has 0 aliphatic carbocycles. The monoisotopic (exact) mass is 531 g/mol. The molecule has 5 heterocycles. The van der Waals surface area contributed by atoms with Crippen molar-refractivity contribution in [1.82, 2.24) is 30.3 Å². The van der Waals surface area contributed by atoms with E-state index in [1.165, 1.54) is 12.0 Å². The number of amides is 4. The van der Waals surface area contributed by atoms with Crippen molar-refractivity contribution in [1.29, 1.82) is 5.41 Å². The second-order valence-corrected chi connectivity index (χ2v) is 9.99. The molecule has 0 radical (unpaired) electrons. The molecule has 4 amide bonds. The molecule has 0 unspecified atom stereocenters. The average Bonchev–Trinajstić information content (AvgIpc) is 3.61. The lowest BCUT2D eigenvalue weighted by Gasteiger charge is -2.35. The number of nitrogens with one attached hydrogen (secondary N) is 3. The van der Waals surface area contributed by atoms with Crippen molar-refractivity contribution < 1.29 is 23.5 Å². The summed E-state index contributed by atoms with van der Waals surface area (Å²) in [7, 11) is 1.53. The van der Waals surface area contributed by atoms with Gasteiger partial charge >= 0.3 is 6.03 Å².